The number of carbonyl (C=O) groups excluding carboxylic acids is 2. The van der Waals surface area contributed by atoms with Crippen LogP contribution in [0.15, 0.2) is 46.9 Å². The number of amides is 1. The summed E-state index contributed by atoms with van der Waals surface area (Å²) in [5, 5.41) is 2.94. The van der Waals surface area contributed by atoms with E-state index >= 15 is 0 Å². The highest BCUT2D eigenvalue weighted by Crippen LogP contribution is 2.25. The van der Waals surface area contributed by atoms with Gasteiger partial charge in [0.05, 0.1) is 31.2 Å². The molecule has 0 aliphatic heterocycles. The van der Waals surface area contributed by atoms with Gasteiger partial charge in [0.1, 0.15) is 5.75 Å². The van der Waals surface area contributed by atoms with E-state index in [1.807, 2.05) is 31.2 Å². The average Bonchev–Trinajstić information content (AvgIpc) is 2.61. The first-order valence-corrected chi connectivity index (χ1v) is 9.50. The van der Waals surface area contributed by atoms with Crippen LogP contribution in [0, 0.1) is 6.92 Å². The summed E-state index contributed by atoms with van der Waals surface area (Å²) in [6, 6.07) is 12.4. The van der Waals surface area contributed by atoms with Crippen LogP contribution in [0.25, 0.3) is 0 Å². The van der Waals surface area contributed by atoms with Crippen LogP contribution in [-0.2, 0) is 9.53 Å². The summed E-state index contributed by atoms with van der Waals surface area (Å²) in [4.78, 5) is 25.0. The van der Waals surface area contributed by atoms with Crippen LogP contribution in [0.5, 0.6) is 5.75 Å². The molecule has 0 saturated heterocycles. The van der Waals surface area contributed by atoms with E-state index in [0.29, 0.717) is 15.8 Å². The first-order chi connectivity index (χ1) is 12.8. The Balaban J connectivity index is 2.26. The molecule has 5 nitrogen and oxygen atoms in total. The van der Waals surface area contributed by atoms with E-state index in [1.165, 1.54) is 0 Å². The van der Waals surface area contributed by atoms with Crippen molar-refractivity contribution >= 4 is 27.8 Å². The zero-order valence-electron chi connectivity index (χ0n) is 15.9. The molecule has 0 saturated carbocycles. The van der Waals surface area contributed by atoms with Crippen molar-refractivity contribution in [2.45, 2.75) is 39.3 Å². The number of carbonyl (C=O) groups is 2. The summed E-state index contributed by atoms with van der Waals surface area (Å²) in [5.41, 5.74) is 2.38. The first-order valence-electron chi connectivity index (χ1n) is 8.70. The van der Waals surface area contributed by atoms with Gasteiger partial charge in [0.25, 0.3) is 5.91 Å². The highest BCUT2D eigenvalue weighted by Gasteiger charge is 2.22. The number of aryl methyl sites for hydroxylation is 1. The fraction of sp³-hybridized carbons (Fsp3) is 0.333. The second-order valence-electron chi connectivity index (χ2n) is 6.53. The first kappa shape index (κ1) is 21.0. The van der Waals surface area contributed by atoms with Gasteiger partial charge in [-0.1, -0.05) is 29.8 Å². The topological polar surface area (TPSA) is 64.6 Å². The van der Waals surface area contributed by atoms with Crippen molar-refractivity contribution in [1.29, 1.82) is 0 Å². The average molecular weight is 434 g/mol. The fourth-order valence-corrected chi connectivity index (χ4v) is 3.00. The van der Waals surface area contributed by atoms with E-state index in [-0.39, 0.29) is 24.4 Å². The Hall–Kier alpha value is -2.34. The van der Waals surface area contributed by atoms with Crippen molar-refractivity contribution in [2.75, 3.05) is 7.11 Å². The Bertz CT molecular complexity index is 802. The molecule has 0 aliphatic rings. The molecule has 2 aromatic carbocycles. The molecule has 0 bridgehead atoms. The molecule has 27 heavy (non-hydrogen) atoms. The smallest absolute Gasteiger partial charge is 0.308 e. The molecule has 1 amide bonds. The van der Waals surface area contributed by atoms with E-state index in [2.05, 4.69) is 21.2 Å². The van der Waals surface area contributed by atoms with Gasteiger partial charge in [-0.25, -0.2) is 0 Å². The van der Waals surface area contributed by atoms with Crippen LogP contribution in [0.3, 0.4) is 0 Å². The SMILES string of the molecule is COc1ccc(Br)c(C(=O)NC(CC(=O)OC(C)C)c2ccc(C)cc2)c1. The summed E-state index contributed by atoms with van der Waals surface area (Å²) < 4.78 is 11.1. The van der Waals surface area contributed by atoms with Gasteiger partial charge in [-0.2, -0.15) is 0 Å². The molecule has 1 atom stereocenters. The maximum absolute atomic E-state index is 12.8. The second kappa shape index (κ2) is 9.55. The number of benzene rings is 2. The number of nitrogens with one attached hydrogen (secondary N) is 1. The van der Waals surface area contributed by atoms with Crippen molar-refractivity contribution in [1.82, 2.24) is 5.32 Å². The number of esters is 1. The molecule has 0 aliphatic carbocycles. The minimum Gasteiger partial charge on any atom is -0.497 e. The normalized spacial score (nSPS) is 11.8. The molecule has 1 N–H and O–H groups in total. The fourth-order valence-electron chi connectivity index (χ4n) is 2.57. The molecule has 0 fully saturated rings. The molecule has 144 valence electrons. The zero-order valence-corrected chi connectivity index (χ0v) is 17.5. The van der Waals surface area contributed by atoms with E-state index in [4.69, 9.17) is 9.47 Å². The third-order valence-corrected chi connectivity index (χ3v) is 4.63. The predicted molar refractivity (Wildman–Crippen MR) is 108 cm³/mol. The minimum absolute atomic E-state index is 0.0502. The number of ether oxygens (including phenoxy) is 2. The van der Waals surface area contributed by atoms with Crippen LogP contribution in [0.4, 0.5) is 0 Å². The van der Waals surface area contributed by atoms with Gasteiger partial charge in [0, 0.05) is 4.47 Å². The second-order valence-corrected chi connectivity index (χ2v) is 7.38. The molecule has 0 heterocycles. The van der Waals surface area contributed by atoms with Gasteiger partial charge < -0.3 is 14.8 Å². The Kier molecular flexibility index (Phi) is 7.42. The summed E-state index contributed by atoms with van der Waals surface area (Å²) in [6.45, 7) is 5.58. The van der Waals surface area contributed by atoms with E-state index in [9.17, 15) is 9.59 Å². The number of hydrogen-bond donors (Lipinski definition) is 1. The van der Waals surface area contributed by atoms with Crippen LogP contribution in [0.1, 0.15) is 47.8 Å². The predicted octanol–water partition coefficient (Wildman–Crippen LogP) is 4.58. The third-order valence-electron chi connectivity index (χ3n) is 3.94. The van der Waals surface area contributed by atoms with E-state index in [1.54, 1.807) is 39.2 Å². The molecule has 6 heteroatoms. The summed E-state index contributed by atoms with van der Waals surface area (Å²) in [5.74, 6) is -0.0845. The quantitative estimate of drug-likeness (QED) is 0.648. The summed E-state index contributed by atoms with van der Waals surface area (Å²) in [6.07, 6.45) is -0.159. The molecular weight excluding hydrogens is 410 g/mol. The van der Waals surface area contributed by atoms with Gasteiger partial charge in [0.15, 0.2) is 0 Å². The number of hydrogen-bond acceptors (Lipinski definition) is 4. The lowest BCUT2D eigenvalue weighted by Crippen LogP contribution is -2.31. The standard InChI is InChI=1S/C21H24BrNO4/c1-13(2)27-20(24)12-19(15-7-5-14(3)6-8-15)23-21(25)17-11-16(26-4)9-10-18(17)22/h5-11,13,19H,12H2,1-4H3,(H,23,25). The Morgan fingerprint density at radius 2 is 1.78 bits per heavy atom. The third kappa shape index (κ3) is 6.10. The van der Waals surface area contributed by atoms with Crippen molar-refractivity contribution in [3.05, 3.63) is 63.6 Å². The molecule has 2 aromatic rings. The highest BCUT2D eigenvalue weighted by atomic mass is 79.9. The van der Waals surface area contributed by atoms with E-state index in [0.717, 1.165) is 11.1 Å². The van der Waals surface area contributed by atoms with Gasteiger partial charge in [-0.05, 0) is 60.5 Å². The number of methoxy groups -OCH3 is 1. The van der Waals surface area contributed by atoms with Crippen molar-refractivity contribution in [2.24, 2.45) is 0 Å². The number of rotatable bonds is 7. The van der Waals surface area contributed by atoms with Crippen LogP contribution in [-0.4, -0.2) is 25.1 Å². The minimum atomic E-state index is -0.498. The van der Waals surface area contributed by atoms with Crippen LogP contribution < -0.4 is 10.1 Å². The van der Waals surface area contributed by atoms with Gasteiger partial charge in [-0.15, -0.1) is 0 Å². The Morgan fingerprint density at radius 3 is 2.37 bits per heavy atom. The maximum atomic E-state index is 12.8. The van der Waals surface area contributed by atoms with Crippen LogP contribution >= 0.6 is 15.9 Å². The molecule has 0 aromatic heterocycles. The highest BCUT2D eigenvalue weighted by molar-refractivity contribution is 9.10. The maximum Gasteiger partial charge on any atom is 0.308 e. The molecule has 0 spiro atoms. The number of halogens is 1. The molecule has 1 unspecified atom stereocenters. The lowest BCUT2D eigenvalue weighted by atomic mass is 10.0. The Morgan fingerprint density at radius 1 is 1.11 bits per heavy atom. The van der Waals surface area contributed by atoms with Crippen molar-refractivity contribution < 1.29 is 19.1 Å². The van der Waals surface area contributed by atoms with Crippen molar-refractivity contribution in [3.8, 4) is 5.75 Å². The summed E-state index contributed by atoms with van der Waals surface area (Å²) in [7, 11) is 1.54. The zero-order chi connectivity index (χ0) is 20.0. The van der Waals surface area contributed by atoms with Crippen LogP contribution in [0.2, 0.25) is 0 Å². The van der Waals surface area contributed by atoms with E-state index < -0.39 is 6.04 Å². The van der Waals surface area contributed by atoms with Crippen molar-refractivity contribution in [3.63, 3.8) is 0 Å². The largest absolute Gasteiger partial charge is 0.497 e. The summed E-state index contributed by atoms with van der Waals surface area (Å²) >= 11 is 3.39. The lowest BCUT2D eigenvalue weighted by molar-refractivity contribution is -0.147. The molecule has 0 radical (unpaired) electrons. The van der Waals surface area contributed by atoms with Gasteiger partial charge in [-0.3, -0.25) is 9.59 Å². The monoisotopic (exact) mass is 433 g/mol. The molecular formula is C21H24BrNO4. The Labute approximate surface area is 168 Å². The van der Waals surface area contributed by atoms with Gasteiger partial charge >= 0.3 is 5.97 Å². The lowest BCUT2D eigenvalue weighted by Gasteiger charge is -2.20. The molecule has 2 rings (SSSR count). The van der Waals surface area contributed by atoms with Gasteiger partial charge in [0.2, 0.25) is 0 Å².